The highest BCUT2D eigenvalue weighted by atomic mass is 32.1. The molecule has 0 saturated carbocycles. The lowest BCUT2D eigenvalue weighted by molar-refractivity contribution is -0.127. The molecule has 8 nitrogen and oxygen atoms in total. The van der Waals surface area contributed by atoms with E-state index in [-0.39, 0.29) is 4.77 Å². The molecule has 3 aromatic rings. The normalized spacial score (nSPS) is 15.3. The molecule has 0 spiro atoms. The van der Waals surface area contributed by atoms with E-state index in [1.165, 1.54) is 18.4 Å². The third-order valence-electron chi connectivity index (χ3n) is 4.71. The first kappa shape index (κ1) is 19.6. The second-order valence-corrected chi connectivity index (χ2v) is 7.49. The number of ether oxygens (including phenoxy) is 1. The van der Waals surface area contributed by atoms with Gasteiger partial charge in [-0.05, 0) is 50.3 Å². The van der Waals surface area contributed by atoms with Gasteiger partial charge in [-0.1, -0.05) is 36.4 Å². The zero-order chi connectivity index (χ0) is 21.6. The lowest BCUT2D eigenvalue weighted by Crippen LogP contribution is -2.40. The van der Waals surface area contributed by atoms with Gasteiger partial charge >= 0.3 is 6.09 Å². The SMILES string of the molecule is CC1(C)OC(=O)N(c2c(O)n(-c3ccccc3)c(=S)n(-c3ccccc3)c2=O)C1=O. The number of rotatable bonds is 3. The van der Waals surface area contributed by atoms with Crippen LogP contribution in [-0.2, 0) is 9.53 Å². The van der Waals surface area contributed by atoms with Crippen molar-refractivity contribution < 1.29 is 19.4 Å². The number of nitrogens with zero attached hydrogens (tertiary/aromatic N) is 3. The average molecular weight is 423 g/mol. The van der Waals surface area contributed by atoms with Gasteiger partial charge in [0.25, 0.3) is 11.5 Å². The van der Waals surface area contributed by atoms with E-state index < -0.39 is 34.7 Å². The molecule has 4 rings (SSSR count). The van der Waals surface area contributed by atoms with Gasteiger partial charge in [0, 0.05) is 0 Å². The number of anilines is 1. The number of cyclic esters (lactones) is 1. The second kappa shape index (κ2) is 6.96. The Morgan fingerprint density at radius 1 is 0.867 bits per heavy atom. The Labute approximate surface area is 176 Å². The Kier molecular flexibility index (Phi) is 4.54. The van der Waals surface area contributed by atoms with E-state index in [0.29, 0.717) is 16.3 Å². The first-order valence-electron chi connectivity index (χ1n) is 9.03. The fourth-order valence-corrected chi connectivity index (χ4v) is 3.63. The second-order valence-electron chi connectivity index (χ2n) is 7.12. The molecule has 1 N–H and O–H groups in total. The summed E-state index contributed by atoms with van der Waals surface area (Å²) in [6.45, 7) is 2.82. The fraction of sp³-hybridized carbons (Fsp3) is 0.143. The molecule has 1 saturated heterocycles. The number of benzene rings is 2. The van der Waals surface area contributed by atoms with Crippen molar-refractivity contribution in [1.29, 1.82) is 0 Å². The topological polar surface area (TPSA) is 93.8 Å². The zero-order valence-electron chi connectivity index (χ0n) is 16.1. The maximum Gasteiger partial charge on any atom is 0.422 e. The molecule has 0 bridgehead atoms. The lowest BCUT2D eigenvalue weighted by Gasteiger charge is -2.20. The summed E-state index contributed by atoms with van der Waals surface area (Å²) in [6.07, 6.45) is -1.05. The number of aromatic hydroxyl groups is 1. The Morgan fingerprint density at radius 3 is 1.83 bits per heavy atom. The molecular weight excluding hydrogens is 406 g/mol. The highest BCUT2D eigenvalue weighted by molar-refractivity contribution is 7.71. The molecule has 0 radical (unpaired) electrons. The van der Waals surface area contributed by atoms with Gasteiger partial charge in [0.2, 0.25) is 5.88 Å². The van der Waals surface area contributed by atoms with Gasteiger partial charge in [-0.2, -0.15) is 0 Å². The highest BCUT2D eigenvalue weighted by Crippen LogP contribution is 2.34. The van der Waals surface area contributed by atoms with Gasteiger partial charge in [-0.3, -0.25) is 18.7 Å². The Hall–Kier alpha value is -3.72. The molecule has 1 aromatic heterocycles. The van der Waals surface area contributed by atoms with Gasteiger partial charge < -0.3 is 9.84 Å². The van der Waals surface area contributed by atoms with Crippen molar-refractivity contribution in [3.8, 4) is 17.3 Å². The Balaban J connectivity index is 2.12. The number of hydrogen-bond acceptors (Lipinski definition) is 6. The van der Waals surface area contributed by atoms with Gasteiger partial charge in [0.1, 0.15) is 0 Å². The van der Waals surface area contributed by atoms with Crippen molar-refractivity contribution in [2.75, 3.05) is 4.90 Å². The predicted octanol–water partition coefficient (Wildman–Crippen LogP) is 3.33. The monoisotopic (exact) mass is 423 g/mol. The smallest absolute Gasteiger partial charge is 0.422 e. The predicted molar refractivity (Wildman–Crippen MR) is 112 cm³/mol. The van der Waals surface area contributed by atoms with Crippen molar-refractivity contribution in [1.82, 2.24) is 9.13 Å². The molecule has 0 atom stereocenters. The number of amides is 2. The maximum atomic E-state index is 13.4. The van der Waals surface area contributed by atoms with Crippen molar-refractivity contribution in [3.63, 3.8) is 0 Å². The van der Waals surface area contributed by atoms with Gasteiger partial charge in [-0.15, -0.1) is 0 Å². The molecule has 0 unspecified atom stereocenters. The molecule has 1 aliphatic rings. The van der Waals surface area contributed by atoms with E-state index in [4.69, 9.17) is 17.0 Å². The van der Waals surface area contributed by atoms with E-state index in [1.54, 1.807) is 60.7 Å². The van der Waals surface area contributed by atoms with Crippen molar-refractivity contribution in [2.45, 2.75) is 19.4 Å². The quantitative estimate of drug-likeness (QED) is 0.650. The van der Waals surface area contributed by atoms with Crippen LogP contribution >= 0.6 is 12.2 Å². The van der Waals surface area contributed by atoms with Crippen LogP contribution in [0.3, 0.4) is 0 Å². The Bertz CT molecular complexity index is 1280. The standard InChI is InChI=1S/C21H17N3O5S/c1-21(2)18(27)24(20(28)29-21)15-16(25)22(13-9-5-3-6-10-13)19(30)23(17(15)26)14-11-7-4-8-12-14/h3-12,25H,1-2H3. The molecule has 152 valence electrons. The van der Waals surface area contributed by atoms with Crippen LogP contribution in [0.15, 0.2) is 65.5 Å². The summed E-state index contributed by atoms with van der Waals surface area (Å²) in [7, 11) is 0. The number of hydrogen-bond donors (Lipinski definition) is 1. The minimum absolute atomic E-state index is 0.0297. The summed E-state index contributed by atoms with van der Waals surface area (Å²) >= 11 is 5.52. The van der Waals surface area contributed by atoms with Crippen LogP contribution in [0.25, 0.3) is 11.4 Å². The largest absolute Gasteiger partial charge is 0.493 e. The van der Waals surface area contributed by atoms with Crippen molar-refractivity contribution in [2.24, 2.45) is 0 Å². The first-order chi connectivity index (χ1) is 14.2. The van der Waals surface area contributed by atoms with E-state index in [2.05, 4.69) is 0 Å². The summed E-state index contributed by atoms with van der Waals surface area (Å²) in [5.41, 5.74) is -1.96. The van der Waals surface area contributed by atoms with Crippen LogP contribution < -0.4 is 10.5 Å². The minimum Gasteiger partial charge on any atom is -0.493 e. The number of carbonyl (C=O) groups excluding carboxylic acids is 2. The van der Waals surface area contributed by atoms with E-state index in [0.717, 1.165) is 4.57 Å². The molecule has 0 aliphatic carbocycles. The maximum absolute atomic E-state index is 13.4. The van der Waals surface area contributed by atoms with Crippen LogP contribution in [0, 0.1) is 4.77 Å². The van der Waals surface area contributed by atoms with Crippen molar-refractivity contribution >= 4 is 29.9 Å². The molecule has 2 heterocycles. The summed E-state index contributed by atoms with van der Waals surface area (Å²) in [4.78, 5) is 39.2. The molecule has 2 amide bonds. The fourth-order valence-electron chi connectivity index (χ4n) is 3.25. The Morgan fingerprint density at radius 2 is 1.37 bits per heavy atom. The van der Waals surface area contributed by atoms with Crippen LogP contribution in [0.2, 0.25) is 0 Å². The number of aromatic nitrogens is 2. The van der Waals surface area contributed by atoms with Gasteiger partial charge in [0.05, 0.1) is 11.4 Å². The van der Waals surface area contributed by atoms with Crippen LogP contribution in [0.4, 0.5) is 10.5 Å². The minimum atomic E-state index is -1.47. The number of para-hydroxylation sites is 2. The molecule has 30 heavy (non-hydrogen) atoms. The summed E-state index contributed by atoms with van der Waals surface area (Å²) in [5, 5.41) is 11.0. The van der Waals surface area contributed by atoms with Gasteiger partial charge in [-0.25, -0.2) is 9.69 Å². The summed E-state index contributed by atoms with van der Waals surface area (Å²) < 4.78 is 7.46. The molecule has 2 aromatic carbocycles. The lowest BCUT2D eigenvalue weighted by atomic mass is 10.1. The van der Waals surface area contributed by atoms with E-state index >= 15 is 0 Å². The van der Waals surface area contributed by atoms with Gasteiger partial charge in [0.15, 0.2) is 16.1 Å². The number of carbonyl (C=O) groups is 2. The van der Waals surface area contributed by atoms with E-state index in [9.17, 15) is 19.5 Å². The zero-order valence-corrected chi connectivity index (χ0v) is 16.9. The van der Waals surface area contributed by atoms with Crippen LogP contribution in [0.5, 0.6) is 5.88 Å². The highest BCUT2D eigenvalue weighted by Gasteiger charge is 2.50. The first-order valence-corrected chi connectivity index (χ1v) is 9.44. The van der Waals surface area contributed by atoms with Crippen LogP contribution in [0.1, 0.15) is 13.8 Å². The molecule has 1 aliphatic heterocycles. The third kappa shape index (κ3) is 2.91. The third-order valence-corrected chi connectivity index (χ3v) is 5.07. The van der Waals surface area contributed by atoms with Crippen LogP contribution in [-0.4, -0.2) is 31.8 Å². The average Bonchev–Trinajstić information content (AvgIpc) is 2.91. The van der Waals surface area contributed by atoms with E-state index in [1.807, 2.05) is 0 Å². The summed E-state index contributed by atoms with van der Waals surface area (Å²) in [6, 6.07) is 17.1. The molecule has 1 fully saturated rings. The summed E-state index contributed by atoms with van der Waals surface area (Å²) in [5.74, 6) is -1.40. The molecule has 9 heteroatoms. The van der Waals surface area contributed by atoms with Crippen molar-refractivity contribution in [3.05, 3.63) is 75.8 Å². The molecular formula is C21H17N3O5S. The number of imide groups is 1.